The zero-order valence-electron chi connectivity index (χ0n) is 5.20. The van der Waals surface area contributed by atoms with Crippen molar-refractivity contribution in [2.45, 2.75) is 18.6 Å². The van der Waals surface area contributed by atoms with Crippen molar-refractivity contribution in [3.63, 3.8) is 0 Å². The summed E-state index contributed by atoms with van der Waals surface area (Å²) in [4.78, 5) is 9.76. The summed E-state index contributed by atoms with van der Waals surface area (Å²) in [6.45, 7) is 2.10. The number of thiol groups is 1. The van der Waals surface area contributed by atoms with Crippen LogP contribution in [0.15, 0.2) is 0 Å². The molecule has 54 valence electrons. The molecule has 0 radical (unpaired) electrons. The van der Waals surface area contributed by atoms with Crippen molar-refractivity contribution in [3.05, 3.63) is 0 Å². The lowest BCUT2D eigenvalue weighted by atomic mass is 10.3. The van der Waals surface area contributed by atoms with Crippen molar-refractivity contribution in [3.8, 4) is 0 Å². The van der Waals surface area contributed by atoms with E-state index in [1.807, 2.05) is 6.92 Å². The van der Waals surface area contributed by atoms with Crippen LogP contribution in [-0.4, -0.2) is 23.1 Å². The number of carboxylic acid groups (broad SMARTS) is 1. The number of hydrogen-bond acceptors (Lipinski definition) is 3. The van der Waals surface area contributed by atoms with Gasteiger partial charge in [0.15, 0.2) is 0 Å². The quantitative estimate of drug-likeness (QED) is 0.472. The van der Waals surface area contributed by atoms with E-state index in [1.165, 1.54) is 0 Å². The molecule has 0 saturated carbocycles. The molecule has 1 atom stereocenters. The van der Waals surface area contributed by atoms with Gasteiger partial charge in [-0.3, -0.25) is 0 Å². The van der Waals surface area contributed by atoms with Gasteiger partial charge in [-0.25, -0.2) is 4.79 Å². The fourth-order valence-corrected chi connectivity index (χ4v) is 0.360. The van der Waals surface area contributed by atoms with E-state index in [-0.39, 0.29) is 11.9 Å². The minimum atomic E-state index is -1.23. The van der Waals surface area contributed by atoms with Crippen LogP contribution < -0.4 is 0 Å². The van der Waals surface area contributed by atoms with Crippen molar-refractivity contribution in [1.29, 1.82) is 0 Å². The van der Waals surface area contributed by atoms with Crippen molar-refractivity contribution in [2.24, 2.45) is 0 Å². The fraction of sp³-hybridized carbons (Fsp3) is 0.800. The van der Waals surface area contributed by atoms with Crippen molar-refractivity contribution < 1.29 is 14.6 Å². The molecule has 0 aromatic rings. The summed E-state index contributed by atoms with van der Waals surface area (Å²) in [6, 6.07) is 0. The van der Waals surface area contributed by atoms with Crippen molar-refractivity contribution in [1.82, 2.24) is 0 Å². The lowest BCUT2D eigenvalue weighted by Crippen LogP contribution is -2.11. The Balaban J connectivity index is 3.16. The van der Waals surface area contributed by atoms with Gasteiger partial charge in [0.1, 0.15) is 6.61 Å². The van der Waals surface area contributed by atoms with E-state index >= 15 is 0 Å². The summed E-state index contributed by atoms with van der Waals surface area (Å²) in [5.74, 6) is 0. The highest BCUT2D eigenvalue weighted by atomic mass is 32.1. The first-order chi connectivity index (χ1) is 4.16. The molecule has 0 amide bonds. The highest BCUT2D eigenvalue weighted by Crippen LogP contribution is 1.99. The molecule has 0 bridgehead atoms. The molecule has 1 N–H and O–H groups in total. The summed E-state index contributed by atoms with van der Waals surface area (Å²) in [5, 5.41) is 8.03. The molecule has 0 aliphatic heterocycles. The molecule has 9 heavy (non-hydrogen) atoms. The molecule has 0 aliphatic carbocycles. The van der Waals surface area contributed by atoms with E-state index in [0.717, 1.165) is 6.42 Å². The van der Waals surface area contributed by atoms with Gasteiger partial charge in [0.2, 0.25) is 0 Å². The van der Waals surface area contributed by atoms with Crippen molar-refractivity contribution >= 4 is 18.8 Å². The van der Waals surface area contributed by atoms with Gasteiger partial charge in [-0.15, -0.1) is 0 Å². The smallest absolute Gasteiger partial charge is 0.450 e. The highest BCUT2D eigenvalue weighted by Gasteiger charge is 2.02. The van der Waals surface area contributed by atoms with Crippen LogP contribution in [0.5, 0.6) is 0 Å². The second-order valence-corrected chi connectivity index (χ2v) is 2.37. The SMILES string of the molecule is CCC(S)COC(=O)O. The maximum absolute atomic E-state index is 9.76. The Labute approximate surface area is 59.4 Å². The second kappa shape index (κ2) is 4.49. The van der Waals surface area contributed by atoms with E-state index in [2.05, 4.69) is 17.4 Å². The molecule has 0 aromatic heterocycles. The zero-order valence-corrected chi connectivity index (χ0v) is 6.10. The van der Waals surface area contributed by atoms with Gasteiger partial charge in [-0.05, 0) is 6.42 Å². The lowest BCUT2D eigenvalue weighted by Gasteiger charge is -2.04. The molecule has 4 heteroatoms. The van der Waals surface area contributed by atoms with E-state index in [0.29, 0.717) is 0 Å². The summed E-state index contributed by atoms with van der Waals surface area (Å²) >= 11 is 4.02. The van der Waals surface area contributed by atoms with Crippen LogP contribution in [0.1, 0.15) is 13.3 Å². The summed E-state index contributed by atoms with van der Waals surface area (Å²) in [7, 11) is 0. The number of rotatable bonds is 3. The monoisotopic (exact) mass is 150 g/mol. The van der Waals surface area contributed by atoms with Crippen LogP contribution in [0.2, 0.25) is 0 Å². The predicted molar refractivity (Wildman–Crippen MR) is 37.0 cm³/mol. The largest absolute Gasteiger partial charge is 0.505 e. The molecule has 0 spiro atoms. The Bertz CT molecular complexity index is 94.2. The van der Waals surface area contributed by atoms with Gasteiger partial charge >= 0.3 is 6.16 Å². The molecule has 0 fully saturated rings. The minimum absolute atomic E-state index is 0.0288. The second-order valence-electron chi connectivity index (χ2n) is 1.64. The normalized spacial score (nSPS) is 12.7. The number of hydrogen-bond donors (Lipinski definition) is 2. The molecule has 3 nitrogen and oxygen atoms in total. The molecular weight excluding hydrogens is 140 g/mol. The van der Waals surface area contributed by atoms with Gasteiger partial charge in [0, 0.05) is 5.25 Å². The first kappa shape index (κ1) is 8.62. The summed E-state index contributed by atoms with van der Waals surface area (Å²) in [5.41, 5.74) is 0. The van der Waals surface area contributed by atoms with Gasteiger partial charge in [-0.2, -0.15) is 12.6 Å². The van der Waals surface area contributed by atoms with Crippen LogP contribution >= 0.6 is 12.6 Å². The van der Waals surface area contributed by atoms with Crippen LogP contribution in [0.3, 0.4) is 0 Å². The molecule has 0 aliphatic rings. The Morgan fingerprint density at radius 1 is 1.89 bits per heavy atom. The standard InChI is InChI=1S/C5H10O3S/c1-2-4(9)3-8-5(6)7/h4,9H,2-3H2,1H3,(H,6,7). The average Bonchev–Trinajstić information content (AvgIpc) is 1.83. The molecule has 0 heterocycles. The average molecular weight is 150 g/mol. The fourth-order valence-electron chi connectivity index (χ4n) is 0.285. The van der Waals surface area contributed by atoms with E-state index in [9.17, 15) is 4.79 Å². The number of carbonyl (C=O) groups is 1. The third-order valence-corrected chi connectivity index (χ3v) is 1.38. The van der Waals surface area contributed by atoms with E-state index in [1.54, 1.807) is 0 Å². The topological polar surface area (TPSA) is 46.5 Å². The van der Waals surface area contributed by atoms with Gasteiger partial charge < -0.3 is 9.84 Å². The number of ether oxygens (including phenoxy) is 1. The van der Waals surface area contributed by atoms with Gasteiger partial charge in [0.05, 0.1) is 0 Å². The Hall–Kier alpha value is -0.380. The third-order valence-electron chi connectivity index (χ3n) is 0.870. The van der Waals surface area contributed by atoms with Gasteiger partial charge in [-0.1, -0.05) is 6.92 Å². The summed E-state index contributed by atoms with van der Waals surface area (Å²) in [6.07, 6.45) is -0.418. The maximum atomic E-state index is 9.76. The van der Waals surface area contributed by atoms with E-state index < -0.39 is 6.16 Å². The molecule has 0 aromatic carbocycles. The van der Waals surface area contributed by atoms with Crippen molar-refractivity contribution in [2.75, 3.05) is 6.61 Å². The molecule has 1 unspecified atom stereocenters. The first-order valence-corrected chi connectivity index (χ1v) is 3.22. The first-order valence-electron chi connectivity index (χ1n) is 2.70. The van der Waals surface area contributed by atoms with Crippen LogP contribution in [0.25, 0.3) is 0 Å². The molecule has 0 rings (SSSR count). The zero-order chi connectivity index (χ0) is 7.28. The Kier molecular flexibility index (Phi) is 4.30. The van der Waals surface area contributed by atoms with Gasteiger partial charge in [0.25, 0.3) is 0 Å². The molecular formula is C5H10O3S. The lowest BCUT2D eigenvalue weighted by molar-refractivity contribution is 0.0919. The minimum Gasteiger partial charge on any atom is -0.450 e. The van der Waals surface area contributed by atoms with E-state index in [4.69, 9.17) is 5.11 Å². The Morgan fingerprint density at radius 3 is 2.78 bits per heavy atom. The third kappa shape index (κ3) is 5.49. The summed E-state index contributed by atoms with van der Waals surface area (Å²) < 4.78 is 4.23. The Morgan fingerprint density at radius 2 is 2.44 bits per heavy atom. The maximum Gasteiger partial charge on any atom is 0.505 e. The van der Waals surface area contributed by atoms with Crippen LogP contribution in [0, 0.1) is 0 Å². The highest BCUT2D eigenvalue weighted by molar-refractivity contribution is 7.81. The molecule has 0 saturated heterocycles. The van der Waals surface area contributed by atoms with Crippen LogP contribution in [0.4, 0.5) is 4.79 Å². The van der Waals surface area contributed by atoms with Crippen LogP contribution in [-0.2, 0) is 4.74 Å². The predicted octanol–water partition coefficient (Wildman–Crippen LogP) is 1.39.